The van der Waals surface area contributed by atoms with Crippen LogP contribution in [-0.4, -0.2) is 11.8 Å². The van der Waals surface area contributed by atoms with E-state index in [2.05, 4.69) is 10.6 Å². The second-order valence-corrected chi connectivity index (χ2v) is 5.74. The smallest absolute Gasteiger partial charge is 0.291 e. The van der Waals surface area contributed by atoms with E-state index >= 15 is 0 Å². The molecule has 5 nitrogen and oxygen atoms in total. The van der Waals surface area contributed by atoms with Gasteiger partial charge in [0, 0.05) is 23.4 Å². The molecule has 0 radical (unpaired) electrons. The van der Waals surface area contributed by atoms with Crippen LogP contribution in [0.4, 0.5) is 10.1 Å². The zero-order valence-corrected chi connectivity index (χ0v) is 14.1. The molecule has 3 rings (SSSR count). The molecule has 0 saturated carbocycles. The number of anilines is 1. The highest BCUT2D eigenvalue weighted by molar-refractivity contribution is 6.03. The minimum atomic E-state index is -0.401. The molecule has 6 heteroatoms. The predicted octanol–water partition coefficient (Wildman–Crippen LogP) is 3.91. The van der Waals surface area contributed by atoms with E-state index in [1.165, 1.54) is 12.3 Å². The van der Waals surface area contributed by atoms with Crippen molar-refractivity contribution in [2.45, 2.75) is 13.5 Å². The summed E-state index contributed by atoms with van der Waals surface area (Å²) < 4.78 is 18.7. The predicted molar refractivity (Wildman–Crippen MR) is 95.4 cm³/mol. The van der Waals surface area contributed by atoms with Crippen molar-refractivity contribution in [3.63, 3.8) is 0 Å². The van der Waals surface area contributed by atoms with E-state index in [1.807, 2.05) is 6.92 Å². The Bertz CT molecular complexity index is 936. The number of rotatable bonds is 5. The summed E-state index contributed by atoms with van der Waals surface area (Å²) in [6, 6.07) is 14.4. The van der Waals surface area contributed by atoms with E-state index in [-0.39, 0.29) is 24.0 Å². The lowest BCUT2D eigenvalue weighted by atomic mass is 10.1. The summed E-state index contributed by atoms with van der Waals surface area (Å²) in [5.74, 6) is -0.953. The molecule has 2 amide bonds. The molecule has 0 aliphatic heterocycles. The number of carbonyl (C=O) groups excluding carboxylic acids is 2. The van der Waals surface area contributed by atoms with E-state index < -0.39 is 5.91 Å². The summed E-state index contributed by atoms with van der Waals surface area (Å²) in [7, 11) is 0. The summed E-state index contributed by atoms with van der Waals surface area (Å²) in [6.07, 6.45) is 1.41. The van der Waals surface area contributed by atoms with Crippen molar-refractivity contribution in [2.24, 2.45) is 0 Å². The van der Waals surface area contributed by atoms with Gasteiger partial charge in [0.1, 0.15) is 5.82 Å². The average Bonchev–Trinajstić information content (AvgIpc) is 3.17. The Kier molecular flexibility index (Phi) is 5.12. The lowest BCUT2D eigenvalue weighted by Gasteiger charge is -2.11. The molecule has 1 heterocycles. The maximum absolute atomic E-state index is 13.6. The second kappa shape index (κ2) is 7.65. The highest BCUT2D eigenvalue weighted by atomic mass is 19.1. The first-order valence-electron chi connectivity index (χ1n) is 8.01. The van der Waals surface area contributed by atoms with Gasteiger partial charge in [-0.25, -0.2) is 4.39 Å². The minimum Gasteiger partial charge on any atom is -0.459 e. The van der Waals surface area contributed by atoms with Crippen molar-refractivity contribution in [1.82, 2.24) is 5.32 Å². The molecule has 2 aromatic carbocycles. The number of furan rings is 1. The van der Waals surface area contributed by atoms with E-state index in [9.17, 15) is 14.0 Å². The molecule has 132 valence electrons. The molecule has 0 aliphatic rings. The molecule has 0 fully saturated rings. The molecule has 0 spiro atoms. The first-order valence-corrected chi connectivity index (χ1v) is 8.01. The Balaban J connectivity index is 1.71. The first kappa shape index (κ1) is 17.4. The second-order valence-electron chi connectivity index (χ2n) is 5.74. The van der Waals surface area contributed by atoms with Crippen LogP contribution in [0.5, 0.6) is 0 Å². The largest absolute Gasteiger partial charge is 0.459 e. The van der Waals surface area contributed by atoms with Gasteiger partial charge in [0.25, 0.3) is 11.8 Å². The van der Waals surface area contributed by atoms with Gasteiger partial charge in [0.15, 0.2) is 5.76 Å². The van der Waals surface area contributed by atoms with Gasteiger partial charge in [0.2, 0.25) is 0 Å². The normalized spacial score (nSPS) is 10.4. The molecule has 26 heavy (non-hydrogen) atoms. The molecule has 0 aliphatic carbocycles. The summed E-state index contributed by atoms with van der Waals surface area (Å²) in [6.45, 7) is 1.90. The topological polar surface area (TPSA) is 71.3 Å². The Morgan fingerprint density at radius 2 is 1.85 bits per heavy atom. The Morgan fingerprint density at radius 1 is 1.04 bits per heavy atom. The highest BCUT2D eigenvalue weighted by Crippen LogP contribution is 2.18. The van der Waals surface area contributed by atoms with Crippen LogP contribution in [0.1, 0.15) is 32.0 Å². The van der Waals surface area contributed by atoms with Crippen molar-refractivity contribution < 1.29 is 18.4 Å². The zero-order valence-electron chi connectivity index (χ0n) is 14.1. The molecule has 1 aromatic heterocycles. The SMILES string of the molecule is Cc1ccc(C(=O)NCc2ccccc2F)cc1NC(=O)c1ccco1. The van der Waals surface area contributed by atoms with Crippen molar-refractivity contribution >= 4 is 17.5 Å². The van der Waals surface area contributed by atoms with Crippen LogP contribution in [0, 0.1) is 12.7 Å². The van der Waals surface area contributed by atoms with Crippen molar-refractivity contribution in [2.75, 3.05) is 5.32 Å². The van der Waals surface area contributed by atoms with Gasteiger partial charge in [0.05, 0.1) is 6.26 Å². The quantitative estimate of drug-likeness (QED) is 0.731. The number of halogens is 1. The zero-order chi connectivity index (χ0) is 18.5. The molecular weight excluding hydrogens is 335 g/mol. The van der Waals surface area contributed by atoms with Gasteiger partial charge in [-0.2, -0.15) is 0 Å². The number of nitrogens with one attached hydrogen (secondary N) is 2. The molecule has 0 saturated heterocycles. The van der Waals surface area contributed by atoms with Crippen molar-refractivity contribution in [3.05, 3.63) is 89.1 Å². The van der Waals surface area contributed by atoms with Crippen molar-refractivity contribution in [3.8, 4) is 0 Å². The van der Waals surface area contributed by atoms with E-state index in [0.717, 1.165) is 5.56 Å². The summed E-state index contributed by atoms with van der Waals surface area (Å²) in [5.41, 5.74) is 2.07. The average molecular weight is 352 g/mol. The Morgan fingerprint density at radius 3 is 2.58 bits per heavy atom. The number of amides is 2. The fourth-order valence-electron chi connectivity index (χ4n) is 2.41. The third-order valence-electron chi connectivity index (χ3n) is 3.89. The van der Waals surface area contributed by atoms with Gasteiger partial charge in [-0.1, -0.05) is 24.3 Å². The van der Waals surface area contributed by atoms with E-state index in [1.54, 1.807) is 48.5 Å². The lowest BCUT2D eigenvalue weighted by molar-refractivity contribution is 0.0948. The molecule has 0 unspecified atom stereocenters. The van der Waals surface area contributed by atoms with Crippen LogP contribution in [0.3, 0.4) is 0 Å². The Hall–Kier alpha value is -3.41. The number of hydrogen-bond acceptors (Lipinski definition) is 3. The maximum Gasteiger partial charge on any atom is 0.291 e. The van der Waals surface area contributed by atoms with Crippen LogP contribution in [-0.2, 0) is 6.54 Å². The summed E-state index contributed by atoms with van der Waals surface area (Å²) >= 11 is 0. The fraction of sp³-hybridized carbons (Fsp3) is 0.100. The monoisotopic (exact) mass is 352 g/mol. The van der Waals surface area contributed by atoms with Crippen LogP contribution in [0.15, 0.2) is 65.3 Å². The molecular formula is C20H17FN2O3. The van der Waals surface area contributed by atoms with E-state index in [0.29, 0.717) is 16.8 Å². The summed E-state index contributed by atoms with van der Waals surface area (Å²) in [4.78, 5) is 24.5. The van der Waals surface area contributed by atoms with Crippen LogP contribution in [0.2, 0.25) is 0 Å². The fourth-order valence-corrected chi connectivity index (χ4v) is 2.41. The third kappa shape index (κ3) is 3.97. The Labute approximate surface area is 149 Å². The maximum atomic E-state index is 13.6. The lowest BCUT2D eigenvalue weighted by Crippen LogP contribution is -2.23. The molecule has 0 bridgehead atoms. The minimum absolute atomic E-state index is 0.0769. The number of benzene rings is 2. The summed E-state index contributed by atoms with van der Waals surface area (Å²) in [5, 5.41) is 5.39. The highest BCUT2D eigenvalue weighted by Gasteiger charge is 2.13. The van der Waals surface area contributed by atoms with Crippen LogP contribution < -0.4 is 10.6 Å². The molecule has 0 atom stereocenters. The van der Waals surface area contributed by atoms with Gasteiger partial charge in [-0.15, -0.1) is 0 Å². The van der Waals surface area contributed by atoms with Crippen molar-refractivity contribution in [1.29, 1.82) is 0 Å². The standard InChI is InChI=1S/C20H17FN2O3/c1-13-8-9-14(11-17(13)23-20(25)18-7-4-10-26-18)19(24)22-12-15-5-2-3-6-16(15)21/h2-11H,12H2,1H3,(H,22,24)(H,23,25). The number of aryl methyl sites for hydroxylation is 1. The van der Waals surface area contributed by atoms with Gasteiger partial charge in [-0.3, -0.25) is 9.59 Å². The van der Waals surface area contributed by atoms with E-state index in [4.69, 9.17) is 4.42 Å². The van der Waals surface area contributed by atoms with Crippen LogP contribution >= 0.6 is 0 Å². The number of carbonyl (C=O) groups is 2. The van der Waals surface area contributed by atoms with Gasteiger partial charge < -0.3 is 15.1 Å². The number of hydrogen-bond donors (Lipinski definition) is 2. The molecule has 2 N–H and O–H groups in total. The van der Waals surface area contributed by atoms with Gasteiger partial charge in [-0.05, 0) is 42.8 Å². The first-order chi connectivity index (χ1) is 12.5. The van der Waals surface area contributed by atoms with Crippen LogP contribution in [0.25, 0.3) is 0 Å². The molecule has 3 aromatic rings. The third-order valence-corrected chi connectivity index (χ3v) is 3.89. The van der Waals surface area contributed by atoms with Gasteiger partial charge >= 0.3 is 0 Å².